The molecule has 1 amide bonds. The lowest BCUT2D eigenvalue weighted by Crippen LogP contribution is -2.43. The zero-order chi connectivity index (χ0) is 10.1. The summed E-state index contributed by atoms with van der Waals surface area (Å²) >= 11 is 0. The Balaban J connectivity index is 2.25. The Kier molecular flexibility index (Phi) is 2.94. The molecule has 3 heteroatoms. The number of halogens is 1. The molecule has 0 aromatic carbocycles. The molecule has 1 unspecified atom stereocenters. The van der Waals surface area contributed by atoms with Crippen LogP contribution in [0.4, 0.5) is 4.39 Å². The summed E-state index contributed by atoms with van der Waals surface area (Å²) in [5.41, 5.74) is -1.75. The van der Waals surface area contributed by atoms with Crippen molar-refractivity contribution >= 4 is 5.91 Å². The van der Waals surface area contributed by atoms with Crippen molar-refractivity contribution in [2.75, 3.05) is 0 Å². The molecule has 2 nitrogen and oxygen atoms in total. The van der Waals surface area contributed by atoms with Crippen LogP contribution in [-0.4, -0.2) is 17.6 Å². The third-order valence-electron chi connectivity index (χ3n) is 2.30. The van der Waals surface area contributed by atoms with E-state index in [0.717, 1.165) is 12.3 Å². The number of alkyl halides is 1. The first-order valence-electron chi connectivity index (χ1n) is 4.89. The van der Waals surface area contributed by atoms with Crippen LogP contribution in [0.15, 0.2) is 0 Å². The first-order valence-corrected chi connectivity index (χ1v) is 4.89. The summed E-state index contributed by atoms with van der Waals surface area (Å²) in [5, 5.41) is 2.68. The zero-order valence-electron chi connectivity index (χ0n) is 8.56. The lowest BCUT2D eigenvalue weighted by atomic mass is 10.1. The van der Waals surface area contributed by atoms with Crippen LogP contribution in [0.1, 0.15) is 40.0 Å². The van der Waals surface area contributed by atoms with E-state index in [1.165, 1.54) is 26.7 Å². The van der Waals surface area contributed by atoms with Gasteiger partial charge in [0.1, 0.15) is 0 Å². The van der Waals surface area contributed by atoms with E-state index < -0.39 is 11.6 Å². The van der Waals surface area contributed by atoms with Crippen molar-refractivity contribution in [2.45, 2.75) is 51.7 Å². The van der Waals surface area contributed by atoms with E-state index in [9.17, 15) is 9.18 Å². The molecule has 13 heavy (non-hydrogen) atoms. The highest BCUT2D eigenvalue weighted by Gasteiger charge is 2.29. The number of hydrogen-bond acceptors (Lipinski definition) is 1. The molecule has 1 atom stereocenters. The fourth-order valence-corrected chi connectivity index (χ4v) is 1.31. The van der Waals surface area contributed by atoms with Crippen LogP contribution >= 0.6 is 0 Å². The van der Waals surface area contributed by atoms with Crippen LogP contribution in [0.2, 0.25) is 0 Å². The summed E-state index contributed by atoms with van der Waals surface area (Å²) in [4.78, 5) is 11.2. The van der Waals surface area contributed by atoms with Gasteiger partial charge in [0.2, 0.25) is 0 Å². The molecule has 1 N–H and O–H groups in total. The van der Waals surface area contributed by atoms with Crippen LogP contribution < -0.4 is 5.32 Å². The number of amides is 1. The fourth-order valence-electron chi connectivity index (χ4n) is 1.31. The summed E-state index contributed by atoms with van der Waals surface area (Å²) in [6.07, 6.45) is 3.51. The first kappa shape index (κ1) is 10.5. The van der Waals surface area contributed by atoms with E-state index in [4.69, 9.17) is 0 Å². The van der Waals surface area contributed by atoms with Gasteiger partial charge >= 0.3 is 0 Å². The molecule has 1 fully saturated rings. The zero-order valence-corrected chi connectivity index (χ0v) is 8.56. The van der Waals surface area contributed by atoms with Crippen molar-refractivity contribution < 1.29 is 9.18 Å². The third-order valence-corrected chi connectivity index (χ3v) is 2.30. The number of hydrogen-bond donors (Lipinski definition) is 1. The summed E-state index contributed by atoms with van der Waals surface area (Å²) in [6.45, 7) is 4.50. The van der Waals surface area contributed by atoms with E-state index in [0.29, 0.717) is 0 Å². The summed E-state index contributed by atoms with van der Waals surface area (Å²) in [7, 11) is 0. The Morgan fingerprint density at radius 2 is 2.15 bits per heavy atom. The maximum absolute atomic E-state index is 13.1. The quantitative estimate of drug-likeness (QED) is 0.717. The van der Waals surface area contributed by atoms with Gasteiger partial charge in [0.05, 0.1) is 0 Å². The van der Waals surface area contributed by atoms with Gasteiger partial charge in [-0.3, -0.25) is 4.79 Å². The second-order valence-electron chi connectivity index (χ2n) is 4.53. The Morgan fingerprint density at radius 3 is 2.54 bits per heavy atom. The van der Waals surface area contributed by atoms with Crippen molar-refractivity contribution in [1.29, 1.82) is 0 Å². The molecule has 1 aliphatic carbocycles. The molecular formula is C10H18FNO. The number of carbonyl (C=O) groups excluding carboxylic acids is 1. The second-order valence-corrected chi connectivity index (χ2v) is 4.53. The van der Waals surface area contributed by atoms with E-state index in [2.05, 4.69) is 5.32 Å². The molecule has 1 aliphatic rings. The van der Waals surface area contributed by atoms with E-state index >= 15 is 0 Å². The Hall–Kier alpha value is -0.600. The van der Waals surface area contributed by atoms with Crippen LogP contribution in [0.25, 0.3) is 0 Å². The average Bonchev–Trinajstić information content (AvgIpc) is 2.68. The maximum Gasteiger partial charge on any atom is 0.257 e. The normalized spacial score (nSPS) is 19.7. The summed E-state index contributed by atoms with van der Waals surface area (Å²) in [6, 6.07) is 0.107. The molecule has 0 spiro atoms. The van der Waals surface area contributed by atoms with Gasteiger partial charge in [-0.15, -0.1) is 0 Å². The number of carbonyl (C=O) groups is 1. The van der Waals surface area contributed by atoms with Crippen molar-refractivity contribution in [3.8, 4) is 0 Å². The van der Waals surface area contributed by atoms with Gasteiger partial charge in [-0.2, -0.15) is 0 Å². The Morgan fingerprint density at radius 1 is 1.62 bits per heavy atom. The molecular weight excluding hydrogens is 169 g/mol. The van der Waals surface area contributed by atoms with Crippen LogP contribution in [0, 0.1) is 5.92 Å². The smallest absolute Gasteiger partial charge is 0.257 e. The molecule has 1 rings (SSSR count). The fraction of sp³-hybridized carbons (Fsp3) is 0.900. The molecule has 0 aromatic heterocycles. The van der Waals surface area contributed by atoms with E-state index in [1.807, 2.05) is 6.92 Å². The van der Waals surface area contributed by atoms with E-state index in [1.54, 1.807) is 0 Å². The predicted octanol–water partition coefficient (Wildman–Crippen LogP) is 2.04. The minimum absolute atomic E-state index is 0.107. The number of nitrogens with one attached hydrogen (secondary N) is 1. The van der Waals surface area contributed by atoms with Gasteiger partial charge in [0.25, 0.3) is 5.91 Å². The minimum Gasteiger partial charge on any atom is -0.351 e. The van der Waals surface area contributed by atoms with E-state index in [-0.39, 0.29) is 6.04 Å². The van der Waals surface area contributed by atoms with Gasteiger partial charge in [-0.1, -0.05) is 12.8 Å². The molecule has 0 radical (unpaired) electrons. The Labute approximate surface area is 78.9 Å². The molecule has 0 saturated heterocycles. The van der Waals surface area contributed by atoms with Crippen molar-refractivity contribution in [1.82, 2.24) is 5.32 Å². The highest BCUT2D eigenvalue weighted by atomic mass is 19.1. The van der Waals surface area contributed by atoms with Crippen LogP contribution in [-0.2, 0) is 4.79 Å². The largest absolute Gasteiger partial charge is 0.351 e. The molecule has 1 saturated carbocycles. The molecule has 0 heterocycles. The van der Waals surface area contributed by atoms with Crippen molar-refractivity contribution in [2.24, 2.45) is 5.92 Å². The third kappa shape index (κ3) is 3.75. The molecule has 0 bridgehead atoms. The highest BCUT2D eigenvalue weighted by Crippen LogP contribution is 2.33. The Bertz CT molecular complexity index is 194. The molecule has 0 aliphatic heterocycles. The van der Waals surface area contributed by atoms with Gasteiger partial charge in [-0.05, 0) is 33.1 Å². The SMILES string of the molecule is CC(CC1CC1)NC(=O)C(C)(C)F. The first-order chi connectivity index (χ1) is 5.89. The van der Waals surface area contributed by atoms with Crippen molar-refractivity contribution in [3.63, 3.8) is 0 Å². The lowest BCUT2D eigenvalue weighted by molar-refractivity contribution is -0.131. The van der Waals surface area contributed by atoms with Crippen molar-refractivity contribution in [3.05, 3.63) is 0 Å². The standard InChI is InChI=1S/C10H18FNO/c1-7(6-8-4-5-8)12-9(13)10(2,3)11/h7-8H,4-6H2,1-3H3,(H,12,13). The summed E-state index contributed by atoms with van der Waals surface area (Å²) < 4.78 is 13.1. The predicted molar refractivity (Wildman–Crippen MR) is 50.1 cm³/mol. The van der Waals surface area contributed by atoms with Gasteiger partial charge in [0, 0.05) is 6.04 Å². The monoisotopic (exact) mass is 187 g/mol. The van der Waals surface area contributed by atoms with Gasteiger partial charge in [-0.25, -0.2) is 4.39 Å². The second kappa shape index (κ2) is 3.64. The topological polar surface area (TPSA) is 29.1 Å². The molecule has 76 valence electrons. The van der Waals surface area contributed by atoms with Gasteiger partial charge < -0.3 is 5.32 Å². The summed E-state index contributed by atoms with van der Waals surface area (Å²) in [5.74, 6) is 0.263. The van der Waals surface area contributed by atoms with Gasteiger partial charge in [0.15, 0.2) is 5.67 Å². The minimum atomic E-state index is -1.75. The highest BCUT2D eigenvalue weighted by molar-refractivity contribution is 5.84. The maximum atomic E-state index is 13.1. The number of rotatable bonds is 4. The molecule has 0 aromatic rings. The van der Waals surface area contributed by atoms with Crippen LogP contribution in [0.5, 0.6) is 0 Å². The average molecular weight is 187 g/mol. The van der Waals surface area contributed by atoms with Crippen LogP contribution in [0.3, 0.4) is 0 Å². The lowest BCUT2D eigenvalue weighted by Gasteiger charge is -2.18.